The van der Waals surface area contributed by atoms with Gasteiger partial charge in [-0.15, -0.1) is 0 Å². The third-order valence-corrected chi connectivity index (χ3v) is 5.62. The van der Waals surface area contributed by atoms with Crippen LogP contribution in [-0.4, -0.2) is 29.9 Å². The molecule has 0 N–H and O–H groups in total. The molecule has 1 aromatic rings. The molecule has 0 saturated heterocycles. The average molecular weight is 278 g/mol. The van der Waals surface area contributed by atoms with Crippen LogP contribution in [0.4, 0.5) is 4.39 Å². The third-order valence-electron chi connectivity index (χ3n) is 2.15. The molecule has 17 heavy (non-hydrogen) atoms. The first kappa shape index (κ1) is 14.3. The van der Waals surface area contributed by atoms with E-state index in [2.05, 4.69) is 0 Å². The first-order valence-electron chi connectivity index (χ1n) is 5.29. The van der Waals surface area contributed by atoms with Crippen molar-refractivity contribution in [3.8, 4) is 0 Å². The molecule has 0 heterocycles. The van der Waals surface area contributed by atoms with E-state index < -0.39 is 26.5 Å². The number of hydrogen-bond donors (Lipinski definition) is 0. The monoisotopic (exact) mass is 278 g/mol. The normalized spacial score (nSPS) is 13.5. The van der Waals surface area contributed by atoms with Gasteiger partial charge in [-0.3, -0.25) is 4.21 Å². The van der Waals surface area contributed by atoms with Crippen molar-refractivity contribution >= 4 is 20.6 Å². The Morgan fingerprint density at radius 3 is 2.59 bits per heavy atom. The lowest BCUT2D eigenvalue weighted by atomic mass is 10.4. The molecule has 0 spiro atoms. The second kappa shape index (κ2) is 6.26. The maximum atomic E-state index is 12.9. The fraction of sp³-hybridized carbons (Fsp3) is 0.455. The molecule has 0 aliphatic carbocycles. The summed E-state index contributed by atoms with van der Waals surface area (Å²) in [6.45, 7) is 1.78. The van der Waals surface area contributed by atoms with Crippen LogP contribution in [0, 0.1) is 5.82 Å². The van der Waals surface area contributed by atoms with Crippen molar-refractivity contribution < 1.29 is 17.0 Å². The van der Waals surface area contributed by atoms with Crippen LogP contribution in [0.2, 0.25) is 0 Å². The molecule has 0 aliphatic heterocycles. The first-order valence-corrected chi connectivity index (χ1v) is 8.43. The number of sulfone groups is 1. The minimum atomic E-state index is -3.13. The largest absolute Gasteiger partial charge is 0.254 e. The minimum absolute atomic E-state index is 0.0196. The van der Waals surface area contributed by atoms with Gasteiger partial charge >= 0.3 is 0 Å². The highest BCUT2D eigenvalue weighted by Gasteiger charge is 2.13. The van der Waals surface area contributed by atoms with Gasteiger partial charge in [0.25, 0.3) is 0 Å². The Kier molecular flexibility index (Phi) is 5.27. The maximum Gasteiger partial charge on any atom is 0.151 e. The Bertz CT molecular complexity index is 497. The topological polar surface area (TPSA) is 51.2 Å². The van der Waals surface area contributed by atoms with Crippen molar-refractivity contribution in [2.45, 2.75) is 18.2 Å². The molecule has 0 aliphatic rings. The van der Waals surface area contributed by atoms with Crippen molar-refractivity contribution in [1.82, 2.24) is 0 Å². The van der Waals surface area contributed by atoms with E-state index in [0.717, 1.165) is 0 Å². The lowest BCUT2D eigenvalue weighted by Crippen LogP contribution is -2.16. The van der Waals surface area contributed by atoms with E-state index >= 15 is 0 Å². The van der Waals surface area contributed by atoms with Crippen molar-refractivity contribution in [2.75, 3.05) is 17.3 Å². The van der Waals surface area contributed by atoms with Crippen molar-refractivity contribution in [3.05, 3.63) is 30.1 Å². The van der Waals surface area contributed by atoms with Crippen LogP contribution >= 0.6 is 0 Å². The second-order valence-electron chi connectivity index (χ2n) is 3.66. The van der Waals surface area contributed by atoms with Crippen LogP contribution in [0.5, 0.6) is 0 Å². The van der Waals surface area contributed by atoms with Crippen molar-refractivity contribution in [2.24, 2.45) is 0 Å². The molecule has 3 nitrogen and oxygen atoms in total. The maximum absolute atomic E-state index is 12.9. The van der Waals surface area contributed by atoms with Crippen LogP contribution in [0.3, 0.4) is 0 Å². The minimum Gasteiger partial charge on any atom is -0.254 e. The highest BCUT2D eigenvalue weighted by molar-refractivity contribution is 7.93. The van der Waals surface area contributed by atoms with E-state index in [1.165, 1.54) is 24.3 Å². The number of hydrogen-bond acceptors (Lipinski definition) is 3. The molecule has 96 valence electrons. The lowest BCUT2D eigenvalue weighted by molar-refractivity contribution is 0.595. The standard InChI is InChI=1S/C11H15FO3S2/c1-2-7-17(14,15)8-6-16(13)11-5-3-4-10(12)9-11/h3-5,9H,2,6-8H2,1H3. The van der Waals surface area contributed by atoms with E-state index in [0.29, 0.717) is 11.3 Å². The summed E-state index contributed by atoms with van der Waals surface area (Å²) in [5, 5.41) is 0. The molecule has 1 aromatic carbocycles. The lowest BCUT2D eigenvalue weighted by Gasteiger charge is -2.03. The molecule has 0 bridgehead atoms. The number of benzene rings is 1. The summed E-state index contributed by atoms with van der Waals surface area (Å²) in [7, 11) is -4.59. The summed E-state index contributed by atoms with van der Waals surface area (Å²) in [5.41, 5.74) is 0. The summed E-state index contributed by atoms with van der Waals surface area (Å²) >= 11 is 0. The third kappa shape index (κ3) is 4.95. The summed E-state index contributed by atoms with van der Waals surface area (Å²) in [4.78, 5) is 0.330. The molecule has 0 fully saturated rings. The summed E-state index contributed by atoms with van der Waals surface area (Å²) < 4.78 is 47.4. The summed E-state index contributed by atoms with van der Waals surface area (Å²) in [6, 6.07) is 5.42. The van der Waals surface area contributed by atoms with Gasteiger partial charge in [0, 0.05) is 16.4 Å². The molecule has 0 amide bonds. The van der Waals surface area contributed by atoms with Crippen LogP contribution in [-0.2, 0) is 20.6 Å². The van der Waals surface area contributed by atoms with Gasteiger partial charge in [0.2, 0.25) is 0 Å². The smallest absolute Gasteiger partial charge is 0.151 e. The molecule has 1 atom stereocenters. The molecule has 1 unspecified atom stereocenters. The van der Waals surface area contributed by atoms with Gasteiger partial charge in [-0.05, 0) is 24.6 Å². The highest BCUT2D eigenvalue weighted by atomic mass is 32.2. The van der Waals surface area contributed by atoms with Crippen molar-refractivity contribution in [3.63, 3.8) is 0 Å². The predicted octanol–water partition coefficient (Wildman–Crippen LogP) is 1.76. The predicted molar refractivity (Wildman–Crippen MR) is 66.6 cm³/mol. The summed E-state index contributed by atoms with van der Waals surface area (Å²) in [5.74, 6) is -0.462. The molecular formula is C11H15FO3S2. The SMILES string of the molecule is CCCS(=O)(=O)CCS(=O)c1cccc(F)c1. The molecule has 0 aromatic heterocycles. The zero-order valence-electron chi connectivity index (χ0n) is 9.56. The van der Waals surface area contributed by atoms with Gasteiger partial charge < -0.3 is 0 Å². The van der Waals surface area contributed by atoms with E-state index in [1.54, 1.807) is 6.92 Å². The average Bonchev–Trinajstić information content (AvgIpc) is 2.26. The van der Waals surface area contributed by atoms with Gasteiger partial charge in [0.15, 0.2) is 9.84 Å². The van der Waals surface area contributed by atoms with Gasteiger partial charge in [-0.25, -0.2) is 12.8 Å². The zero-order valence-corrected chi connectivity index (χ0v) is 11.2. The number of halogens is 1. The van der Waals surface area contributed by atoms with Crippen LogP contribution in [0.1, 0.15) is 13.3 Å². The Labute approximate surface area is 103 Å². The van der Waals surface area contributed by atoms with Crippen LogP contribution in [0.25, 0.3) is 0 Å². The van der Waals surface area contributed by atoms with Gasteiger partial charge in [0.1, 0.15) is 5.82 Å². The Hall–Kier alpha value is -0.750. The van der Waals surface area contributed by atoms with E-state index in [-0.39, 0.29) is 17.3 Å². The van der Waals surface area contributed by atoms with E-state index in [9.17, 15) is 17.0 Å². The van der Waals surface area contributed by atoms with Gasteiger partial charge in [-0.2, -0.15) is 0 Å². The van der Waals surface area contributed by atoms with Crippen LogP contribution in [0.15, 0.2) is 29.2 Å². The fourth-order valence-electron chi connectivity index (χ4n) is 1.34. The molecule has 0 radical (unpaired) electrons. The van der Waals surface area contributed by atoms with Gasteiger partial charge in [0.05, 0.1) is 16.6 Å². The van der Waals surface area contributed by atoms with E-state index in [4.69, 9.17) is 0 Å². The quantitative estimate of drug-likeness (QED) is 0.796. The molecule has 0 saturated carbocycles. The molecule has 6 heteroatoms. The van der Waals surface area contributed by atoms with E-state index in [1.807, 2.05) is 0 Å². The van der Waals surface area contributed by atoms with Crippen LogP contribution < -0.4 is 0 Å². The first-order chi connectivity index (χ1) is 7.94. The van der Waals surface area contributed by atoms with Gasteiger partial charge in [-0.1, -0.05) is 13.0 Å². The highest BCUT2D eigenvalue weighted by Crippen LogP contribution is 2.09. The fourth-order valence-corrected chi connectivity index (χ4v) is 4.50. The zero-order chi connectivity index (χ0) is 12.9. The Morgan fingerprint density at radius 2 is 2.00 bits per heavy atom. The van der Waals surface area contributed by atoms with Crippen molar-refractivity contribution in [1.29, 1.82) is 0 Å². The molecule has 1 rings (SSSR count). The molecular weight excluding hydrogens is 263 g/mol. The summed E-state index contributed by atoms with van der Waals surface area (Å²) in [6.07, 6.45) is 0.551. The Morgan fingerprint density at radius 1 is 1.29 bits per heavy atom. The number of rotatable bonds is 6. The second-order valence-corrected chi connectivity index (χ2v) is 7.53. The Balaban J connectivity index is 2.62.